The third-order valence-corrected chi connectivity index (χ3v) is 5.25. The van der Waals surface area contributed by atoms with Crippen molar-refractivity contribution >= 4 is 34.5 Å². The van der Waals surface area contributed by atoms with Crippen molar-refractivity contribution < 1.29 is 23.0 Å². The number of carbonyl (C=O) groups is 1. The Morgan fingerprint density at radius 2 is 1.79 bits per heavy atom. The molecule has 4 nitrogen and oxygen atoms in total. The van der Waals surface area contributed by atoms with E-state index in [0.717, 1.165) is 16.7 Å². The van der Waals surface area contributed by atoms with E-state index in [0.29, 0.717) is 15.6 Å². The number of thiophene rings is 1. The molecule has 0 saturated heterocycles. The molecule has 1 N–H and O–H groups in total. The number of hydrogen-bond donors (Lipinski definition) is 1. The molecule has 1 heterocycles. The number of amides is 1. The largest absolute Gasteiger partial charge is 0.487 e. The molecule has 0 aliphatic rings. The second kappa shape index (κ2) is 9.24. The first-order valence-electron chi connectivity index (χ1n) is 8.65. The molecule has 0 radical (unpaired) electrons. The van der Waals surface area contributed by atoms with Crippen molar-refractivity contribution in [3.63, 3.8) is 0 Å². The Labute approximate surface area is 176 Å². The van der Waals surface area contributed by atoms with Gasteiger partial charge < -0.3 is 14.8 Å². The Kier molecular flexibility index (Phi) is 6.71. The van der Waals surface area contributed by atoms with E-state index in [2.05, 4.69) is 10.1 Å². The summed E-state index contributed by atoms with van der Waals surface area (Å²) in [6.07, 6.45) is 0. The summed E-state index contributed by atoms with van der Waals surface area (Å²) in [6, 6.07) is 11.9. The number of anilines is 1. The van der Waals surface area contributed by atoms with Gasteiger partial charge in [0.2, 0.25) is 0 Å². The molecule has 0 bridgehead atoms. The molecule has 3 rings (SSSR count). The molecule has 0 fully saturated rings. The van der Waals surface area contributed by atoms with Gasteiger partial charge >= 0.3 is 6.61 Å². The predicted octanol–water partition coefficient (Wildman–Crippen LogP) is 6.45. The van der Waals surface area contributed by atoms with Gasteiger partial charge in [-0.1, -0.05) is 23.7 Å². The number of halogens is 3. The second-order valence-electron chi connectivity index (χ2n) is 6.37. The SMILES string of the molecule is Cc1ccc(Cl)c(OCc2csc(C(=O)Nc3ccc(C)cc3OC(F)F)c2)c1. The van der Waals surface area contributed by atoms with Crippen molar-refractivity contribution in [2.75, 3.05) is 5.32 Å². The molecule has 2 aromatic carbocycles. The monoisotopic (exact) mass is 437 g/mol. The van der Waals surface area contributed by atoms with E-state index in [1.54, 1.807) is 30.5 Å². The average Bonchev–Trinajstić information content (AvgIpc) is 3.13. The summed E-state index contributed by atoms with van der Waals surface area (Å²) in [5, 5.41) is 4.92. The van der Waals surface area contributed by atoms with Crippen LogP contribution < -0.4 is 14.8 Å². The van der Waals surface area contributed by atoms with E-state index < -0.39 is 12.5 Å². The summed E-state index contributed by atoms with van der Waals surface area (Å²) >= 11 is 7.35. The van der Waals surface area contributed by atoms with Gasteiger partial charge in [0.1, 0.15) is 18.1 Å². The molecule has 0 spiro atoms. The number of aryl methyl sites for hydroxylation is 2. The number of nitrogens with one attached hydrogen (secondary N) is 1. The average molecular weight is 438 g/mol. The first-order valence-corrected chi connectivity index (χ1v) is 9.91. The maximum atomic E-state index is 12.6. The van der Waals surface area contributed by atoms with Crippen LogP contribution in [-0.4, -0.2) is 12.5 Å². The predicted molar refractivity (Wildman–Crippen MR) is 111 cm³/mol. The Balaban J connectivity index is 1.67. The van der Waals surface area contributed by atoms with Crippen molar-refractivity contribution in [1.29, 1.82) is 0 Å². The summed E-state index contributed by atoms with van der Waals surface area (Å²) in [5.41, 5.74) is 2.74. The van der Waals surface area contributed by atoms with Gasteiger partial charge in [-0.05, 0) is 60.7 Å². The molecular formula is C21H18ClF2NO3S. The Bertz CT molecular complexity index is 1020. The van der Waals surface area contributed by atoms with Crippen LogP contribution in [-0.2, 0) is 6.61 Å². The summed E-state index contributed by atoms with van der Waals surface area (Å²) in [6.45, 7) is 0.951. The third-order valence-electron chi connectivity index (χ3n) is 3.96. The lowest BCUT2D eigenvalue weighted by Crippen LogP contribution is -2.13. The number of benzene rings is 2. The minimum Gasteiger partial charge on any atom is -0.487 e. The second-order valence-corrected chi connectivity index (χ2v) is 7.69. The summed E-state index contributed by atoms with van der Waals surface area (Å²) < 4.78 is 35.5. The van der Waals surface area contributed by atoms with E-state index in [4.69, 9.17) is 16.3 Å². The van der Waals surface area contributed by atoms with Gasteiger partial charge in [0, 0.05) is 5.56 Å². The molecule has 152 valence electrons. The topological polar surface area (TPSA) is 47.6 Å². The van der Waals surface area contributed by atoms with E-state index in [1.165, 1.54) is 23.5 Å². The van der Waals surface area contributed by atoms with Crippen LogP contribution in [0.15, 0.2) is 47.8 Å². The maximum Gasteiger partial charge on any atom is 0.387 e. The van der Waals surface area contributed by atoms with Gasteiger partial charge in [-0.2, -0.15) is 8.78 Å². The highest BCUT2D eigenvalue weighted by molar-refractivity contribution is 7.12. The molecule has 0 saturated carbocycles. The summed E-state index contributed by atoms with van der Waals surface area (Å²) in [4.78, 5) is 12.9. The highest BCUT2D eigenvalue weighted by Gasteiger charge is 2.15. The lowest BCUT2D eigenvalue weighted by atomic mass is 10.2. The van der Waals surface area contributed by atoms with Crippen LogP contribution in [0.3, 0.4) is 0 Å². The minimum atomic E-state index is -2.98. The minimum absolute atomic E-state index is 0.0810. The number of ether oxygens (including phenoxy) is 2. The first kappa shape index (κ1) is 21.1. The van der Waals surface area contributed by atoms with Crippen LogP contribution >= 0.6 is 22.9 Å². The van der Waals surface area contributed by atoms with Crippen molar-refractivity contribution in [2.45, 2.75) is 27.1 Å². The fourth-order valence-electron chi connectivity index (χ4n) is 2.56. The lowest BCUT2D eigenvalue weighted by molar-refractivity contribution is -0.0494. The van der Waals surface area contributed by atoms with E-state index in [1.807, 2.05) is 19.1 Å². The van der Waals surface area contributed by atoms with E-state index in [9.17, 15) is 13.6 Å². The van der Waals surface area contributed by atoms with Crippen molar-refractivity contribution in [2.24, 2.45) is 0 Å². The van der Waals surface area contributed by atoms with E-state index in [-0.39, 0.29) is 18.0 Å². The molecule has 1 amide bonds. The number of carbonyl (C=O) groups excluding carboxylic acids is 1. The fraction of sp³-hybridized carbons (Fsp3) is 0.190. The molecule has 29 heavy (non-hydrogen) atoms. The Morgan fingerprint density at radius 1 is 1.10 bits per heavy atom. The highest BCUT2D eigenvalue weighted by Crippen LogP contribution is 2.29. The standard InChI is InChI=1S/C21H18ClF2NO3S/c1-12-3-5-15(22)17(7-12)27-10-14-9-19(29-11-14)20(26)25-16-6-4-13(2)8-18(16)28-21(23)24/h3-9,11,21H,10H2,1-2H3,(H,25,26). The molecule has 3 aromatic rings. The number of rotatable bonds is 7. The Morgan fingerprint density at radius 3 is 2.52 bits per heavy atom. The van der Waals surface area contributed by atoms with Crippen LogP contribution in [0, 0.1) is 13.8 Å². The molecule has 0 unspecified atom stereocenters. The van der Waals surface area contributed by atoms with Crippen molar-refractivity contribution in [3.05, 3.63) is 74.4 Å². The quantitative estimate of drug-likeness (QED) is 0.462. The zero-order chi connectivity index (χ0) is 21.0. The lowest BCUT2D eigenvalue weighted by Gasteiger charge is -2.12. The van der Waals surface area contributed by atoms with Crippen LogP contribution in [0.4, 0.5) is 14.5 Å². The van der Waals surface area contributed by atoms with Gasteiger partial charge in [-0.3, -0.25) is 4.79 Å². The van der Waals surface area contributed by atoms with Gasteiger partial charge in [-0.25, -0.2) is 0 Å². The molecular weight excluding hydrogens is 420 g/mol. The molecule has 1 aromatic heterocycles. The number of alkyl halides is 2. The zero-order valence-electron chi connectivity index (χ0n) is 15.7. The molecule has 0 atom stereocenters. The van der Waals surface area contributed by atoms with Gasteiger partial charge in [0.25, 0.3) is 5.91 Å². The normalized spacial score (nSPS) is 10.8. The third kappa shape index (κ3) is 5.68. The van der Waals surface area contributed by atoms with Crippen LogP contribution in [0.5, 0.6) is 11.5 Å². The summed E-state index contributed by atoms with van der Waals surface area (Å²) in [7, 11) is 0. The van der Waals surface area contributed by atoms with Crippen LogP contribution in [0.1, 0.15) is 26.4 Å². The van der Waals surface area contributed by atoms with Crippen molar-refractivity contribution in [1.82, 2.24) is 0 Å². The first-order chi connectivity index (χ1) is 13.8. The summed E-state index contributed by atoms with van der Waals surface area (Å²) in [5.74, 6) is 0.0673. The van der Waals surface area contributed by atoms with Gasteiger partial charge in [-0.15, -0.1) is 11.3 Å². The van der Waals surface area contributed by atoms with Crippen LogP contribution in [0.25, 0.3) is 0 Å². The van der Waals surface area contributed by atoms with E-state index >= 15 is 0 Å². The molecule has 0 aliphatic heterocycles. The fourth-order valence-corrected chi connectivity index (χ4v) is 3.53. The number of hydrogen-bond acceptors (Lipinski definition) is 4. The van der Waals surface area contributed by atoms with Gasteiger partial charge in [0.05, 0.1) is 15.6 Å². The van der Waals surface area contributed by atoms with Crippen molar-refractivity contribution in [3.8, 4) is 11.5 Å². The highest BCUT2D eigenvalue weighted by atomic mass is 35.5. The Hall–Kier alpha value is -2.64. The smallest absolute Gasteiger partial charge is 0.387 e. The molecule has 0 aliphatic carbocycles. The zero-order valence-corrected chi connectivity index (χ0v) is 17.2. The maximum absolute atomic E-state index is 12.6. The van der Waals surface area contributed by atoms with Gasteiger partial charge in [0.15, 0.2) is 0 Å². The van der Waals surface area contributed by atoms with Crippen LogP contribution in [0.2, 0.25) is 5.02 Å². The molecule has 8 heteroatoms.